The number of hydrogen-bond donors (Lipinski definition) is 1. The van der Waals surface area contributed by atoms with Crippen LogP contribution in [0.1, 0.15) is 17.2 Å². The summed E-state index contributed by atoms with van der Waals surface area (Å²) < 4.78 is 7.62. The van der Waals surface area contributed by atoms with Crippen molar-refractivity contribution in [2.45, 2.75) is 20.3 Å². The van der Waals surface area contributed by atoms with Crippen molar-refractivity contribution >= 4 is 45.9 Å². The van der Waals surface area contributed by atoms with Gasteiger partial charge in [-0.1, -0.05) is 0 Å². The number of carbonyl (C=O) groups excluding carboxylic acids is 2. The molecular weight excluding hydrogens is 449 g/mol. The SMILES string of the molecule is Cc1cc(C)n2nc(CC(=O)OCC(=O)Nc3ccc(I)cc3)nc2n1. The van der Waals surface area contributed by atoms with E-state index in [0.29, 0.717) is 17.3 Å². The largest absolute Gasteiger partial charge is 0.455 e. The van der Waals surface area contributed by atoms with Crippen LogP contribution >= 0.6 is 22.6 Å². The first-order valence-electron chi connectivity index (χ1n) is 7.81. The minimum absolute atomic E-state index is 0.126. The molecule has 3 rings (SSSR count). The second-order valence-corrected chi connectivity index (χ2v) is 6.92. The van der Waals surface area contributed by atoms with Gasteiger partial charge in [0, 0.05) is 20.6 Å². The number of amides is 1. The molecule has 0 aliphatic rings. The van der Waals surface area contributed by atoms with Gasteiger partial charge in [-0.3, -0.25) is 9.59 Å². The van der Waals surface area contributed by atoms with E-state index in [-0.39, 0.29) is 13.0 Å². The Morgan fingerprint density at radius 2 is 1.92 bits per heavy atom. The minimum atomic E-state index is -0.576. The van der Waals surface area contributed by atoms with Gasteiger partial charge in [-0.05, 0) is 66.8 Å². The van der Waals surface area contributed by atoms with Gasteiger partial charge in [0.2, 0.25) is 0 Å². The number of ether oxygens (including phenoxy) is 1. The van der Waals surface area contributed by atoms with Crippen LogP contribution in [0.15, 0.2) is 30.3 Å². The van der Waals surface area contributed by atoms with Crippen molar-refractivity contribution < 1.29 is 14.3 Å². The molecule has 1 N–H and O–H groups in total. The summed E-state index contributed by atoms with van der Waals surface area (Å²) in [5.41, 5.74) is 2.34. The molecule has 26 heavy (non-hydrogen) atoms. The van der Waals surface area contributed by atoms with Crippen molar-refractivity contribution in [3.63, 3.8) is 0 Å². The monoisotopic (exact) mass is 465 g/mol. The van der Waals surface area contributed by atoms with E-state index in [2.05, 4.69) is 43.0 Å². The maximum absolute atomic E-state index is 11.9. The molecule has 134 valence electrons. The van der Waals surface area contributed by atoms with Crippen LogP contribution < -0.4 is 5.32 Å². The van der Waals surface area contributed by atoms with E-state index in [1.165, 1.54) is 0 Å². The number of nitrogens with one attached hydrogen (secondary N) is 1. The third-order valence-electron chi connectivity index (χ3n) is 3.46. The molecule has 2 aromatic heterocycles. The molecule has 0 saturated carbocycles. The summed E-state index contributed by atoms with van der Waals surface area (Å²) in [6.07, 6.45) is -0.126. The highest BCUT2D eigenvalue weighted by Crippen LogP contribution is 2.11. The van der Waals surface area contributed by atoms with Crippen LogP contribution in [0, 0.1) is 17.4 Å². The summed E-state index contributed by atoms with van der Waals surface area (Å²) >= 11 is 2.17. The topological polar surface area (TPSA) is 98.5 Å². The molecule has 0 bridgehead atoms. The zero-order chi connectivity index (χ0) is 18.7. The molecule has 0 saturated heterocycles. The second kappa shape index (κ2) is 7.77. The van der Waals surface area contributed by atoms with Gasteiger partial charge in [-0.15, -0.1) is 5.10 Å². The number of nitrogens with zero attached hydrogens (tertiary/aromatic N) is 4. The molecule has 0 fully saturated rings. The van der Waals surface area contributed by atoms with E-state index in [4.69, 9.17) is 4.74 Å². The van der Waals surface area contributed by atoms with Gasteiger partial charge in [0.15, 0.2) is 12.4 Å². The molecule has 1 amide bonds. The summed E-state index contributed by atoms with van der Waals surface area (Å²) in [5, 5.41) is 6.90. The van der Waals surface area contributed by atoms with E-state index in [1.54, 1.807) is 16.6 Å². The van der Waals surface area contributed by atoms with Gasteiger partial charge in [0.25, 0.3) is 11.7 Å². The summed E-state index contributed by atoms with van der Waals surface area (Å²) in [7, 11) is 0. The highest BCUT2D eigenvalue weighted by molar-refractivity contribution is 14.1. The maximum Gasteiger partial charge on any atom is 0.314 e. The van der Waals surface area contributed by atoms with Gasteiger partial charge in [0.05, 0.1) is 0 Å². The standard InChI is InChI=1S/C17H16IN5O3/c1-10-7-11(2)23-17(19-10)21-14(22-23)8-16(25)26-9-15(24)20-13-5-3-12(18)4-6-13/h3-7H,8-9H2,1-2H3,(H,20,24). The van der Waals surface area contributed by atoms with E-state index >= 15 is 0 Å². The smallest absolute Gasteiger partial charge is 0.314 e. The Morgan fingerprint density at radius 3 is 2.65 bits per heavy atom. The molecule has 0 atom stereocenters. The summed E-state index contributed by atoms with van der Waals surface area (Å²) in [6, 6.07) is 9.17. The van der Waals surface area contributed by atoms with Crippen LogP contribution in [0.25, 0.3) is 5.78 Å². The number of halogens is 1. The van der Waals surface area contributed by atoms with Crippen molar-refractivity contribution in [3.8, 4) is 0 Å². The number of aromatic nitrogens is 4. The Balaban J connectivity index is 1.54. The first kappa shape index (κ1) is 18.2. The first-order chi connectivity index (χ1) is 12.4. The van der Waals surface area contributed by atoms with Crippen LogP contribution in [0.5, 0.6) is 0 Å². The fourth-order valence-electron chi connectivity index (χ4n) is 2.34. The number of anilines is 1. The molecule has 0 spiro atoms. The summed E-state index contributed by atoms with van der Waals surface area (Å²) in [6.45, 7) is 3.38. The predicted molar refractivity (Wildman–Crippen MR) is 103 cm³/mol. The number of esters is 1. The second-order valence-electron chi connectivity index (χ2n) is 5.67. The Morgan fingerprint density at radius 1 is 1.19 bits per heavy atom. The van der Waals surface area contributed by atoms with Crippen molar-refractivity contribution in [2.24, 2.45) is 0 Å². The van der Waals surface area contributed by atoms with Crippen LogP contribution in [-0.4, -0.2) is 38.1 Å². The van der Waals surface area contributed by atoms with Crippen molar-refractivity contribution in [1.29, 1.82) is 0 Å². The van der Waals surface area contributed by atoms with Crippen LogP contribution in [0.4, 0.5) is 5.69 Å². The Kier molecular flexibility index (Phi) is 5.45. The van der Waals surface area contributed by atoms with E-state index in [1.807, 2.05) is 32.0 Å². The number of aryl methyl sites for hydroxylation is 2. The lowest BCUT2D eigenvalue weighted by Gasteiger charge is -2.06. The quantitative estimate of drug-likeness (QED) is 0.458. The molecule has 0 radical (unpaired) electrons. The fourth-order valence-corrected chi connectivity index (χ4v) is 2.70. The molecule has 0 aliphatic carbocycles. The van der Waals surface area contributed by atoms with E-state index in [9.17, 15) is 9.59 Å². The Hall–Kier alpha value is -2.56. The van der Waals surface area contributed by atoms with Gasteiger partial charge in [-0.25, -0.2) is 9.50 Å². The predicted octanol–water partition coefficient (Wildman–Crippen LogP) is 2.07. The highest BCUT2D eigenvalue weighted by Gasteiger charge is 2.14. The van der Waals surface area contributed by atoms with Gasteiger partial charge >= 0.3 is 5.97 Å². The van der Waals surface area contributed by atoms with Gasteiger partial charge < -0.3 is 10.1 Å². The molecule has 1 aromatic carbocycles. The zero-order valence-electron chi connectivity index (χ0n) is 14.2. The molecule has 0 unspecified atom stereocenters. The number of carbonyl (C=O) groups is 2. The lowest BCUT2D eigenvalue weighted by atomic mass is 10.3. The average molecular weight is 465 g/mol. The molecule has 2 heterocycles. The molecule has 3 aromatic rings. The van der Waals surface area contributed by atoms with Crippen molar-refractivity contribution in [2.75, 3.05) is 11.9 Å². The Labute approximate surface area is 163 Å². The molecular formula is C17H16IN5O3. The number of fused-ring (bicyclic) bond motifs is 1. The van der Waals surface area contributed by atoms with Gasteiger partial charge in [0.1, 0.15) is 6.42 Å². The highest BCUT2D eigenvalue weighted by atomic mass is 127. The molecule has 0 aliphatic heterocycles. The van der Waals surface area contributed by atoms with Crippen LogP contribution in [-0.2, 0) is 20.7 Å². The number of benzene rings is 1. The number of hydrogen-bond acceptors (Lipinski definition) is 6. The maximum atomic E-state index is 11.9. The van der Waals surface area contributed by atoms with Gasteiger partial charge in [-0.2, -0.15) is 4.98 Å². The summed E-state index contributed by atoms with van der Waals surface area (Å²) in [5.74, 6) is -0.250. The third-order valence-corrected chi connectivity index (χ3v) is 4.18. The Bertz CT molecular complexity index is 968. The van der Waals surface area contributed by atoms with Crippen LogP contribution in [0.2, 0.25) is 0 Å². The molecule has 9 heteroatoms. The third kappa shape index (κ3) is 4.54. The average Bonchev–Trinajstić information content (AvgIpc) is 2.98. The van der Waals surface area contributed by atoms with E-state index < -0.39 is 11.9 Å². The zero-order valence-corrected chi connectivity index (χ0v) is 16.4. The first-order valence-corrected chi connectivity index (χ1v) is 8.89. The van der Waals surface area contributed by atoms with Crippen molar-refractivity contribution in [3.05, 3.63) is 51.1 Å². The van der Waals surface area contributed by atoms with Crippen LogP contribution in [0.3, 0.4) is 0 Å². The lowest BCUT2D eigenvalue weighted by molar-refractivity contribution is -0.146. The molecule has 8 nitrogen and oxygen atoms in total. The summed E-state index contributed by atoms with van der Waals surface area (Å²) in [4.78, 5) is 32.3. The number of rotatable bonds is 5. The minimum Gasteiger partial charge on any atom is -0.455 e. The normalized spacial score (nSPS) is 10.7. The van der Waals surface area contributed by atoms with Crippen molar-refractivity contribution in [1.82, 2.24) is 19.6 Å². The lowest BCUT2D eigenvalue weighted by Crippen LogP contribution is -2.21. The van der Waals surface area contributed by atoms with E-state index in [0.717, 1.165) is 15.0 Å². The fraction of sp³-hybridized carbons (Fsp3) is 0.235.